The number of nitrogens with zero attached hydrogens (tertiary/aromatic N) is 6. The number of anilines is 4. The molecule has 0 aliphatic carbocycles. The van der Waals surface area contributed by atoms with Crippen LogP contribution >= 0.6 is 0 Å². The first-order chi connectivity index (χ1) is 32.0. The second-order valence-electron chi connectivity index (χ2n) is 18.0. The van der Waals surface area contributed by atoms with Crippen molar-refractivity contribution >= 4 is 34.8 Å². The third-order valence-electron chi connectivity index (χ3n) is 13.9. The summed E-state index contributed by atoms with van der Waals surface area (Å²) in [6.45, 7) is 8.75. The maximum atomic E-state index is 13.2. The maximum absolute atomic E-state index is 13.2. The van der Waals surface area contributed by atoms with Crippen LogP contribution in [-0.4, -0.2) is 154 Å². The van der Waals surface area contributed by atoms with Gasteiger partial charge in [-0.05, 0) is 88.5 Å². The van der Waals surface area contributed by atoms with Gasteiger partial charge in [0.1, 0.15) is 36.4 Å². The smallest absolute Gasteiger partial charge is 0.271 e. The fourth-order valence-electron chi connectivity index (χ4n) is 10.1. The van der Waals surface area contributed by atoms with Crippen molar-refractivity contribution in [2.45, 2.75) is 121 Å². The number of aliphatic hydroxyl groups is 4. The molecule has 4 saturated heterocycles. The Labute approximate surface area is 386 Å². The molecular weight excluding hydrogens is 849 g/mol. The molecule has 5 aliphatic heterocycles. The summed E-state index contributed by atoms with van der Waals surface area (Å²) in [6, 6.07) is 11.3. The van der Waals surface area contributed by atoms with Gasteiger partial charge in [0.2, 0.25) is 5.91 Å². The summed E-state index contributed by atoms with van der Waals surface area (Å²) >= 11 is 0. The number of ether oxygens (including phenoxy) is 3. The van der Waals surface area contributed by atoms with Gasteiger partial charge < -0.3 is 60.8 Å². The minimum atomic E-state index is -1.12. The second-order valence-corrected chi connectivity index (χ2v) is 18.0. The lowest BCUT2D eigenvalue weighted by atomic mass is 10.0. The Balaban J connectivity index is 0.748. The Morgan fingerprint density at radius 2 is 1.62 bits per heavy atom. The summed E-state index contributed by atoms with van der Waals surface area (Å²) in [5, 5.41) is 51.7. The molecule has 6 heterocycles. The fraction of sp³-hybridized carbons (Fsp3) is 0.617. The van der Waals surface area contributed by atoms with Crippen LogP contribution in [0.4, 0.5) is 23.0 Å². The second kappa shape index (κ2) is 21.8. The lowest BCUT2D eigenvalue weighted by molar-refractivity contribution is -0.159. The van der Waals surface area contributed by atoms with Gasteiger partial charge in [0.25, 0.3) is 5.91 Å². The van der Waals surface area contributed by atoms with E-state index in [2.05, 4.69) is 30.7 Å². The van der Waals surface area contributed by atoms with Gasteiger partial charge in [-0.15, -0.1) is 0 Å². The molecule has 0 saturated carbocycles. The molecule has 0 bridgehead atoms. The van der Waals surface area contributed by atoms with E-state index in [1.165, 1.54) is 4.90 Å². The Bertz CT molecular complexity index is 2130. The van der Waals surface area contributed by atoms with Crippen molar-refractivity contribution in [3.8, 4) is 11.5 Å². The quantitative estimate of drug-likeness (QED) is 0.0908. The molecule has 19 heteroatoms. The van der Waals surface area contributed by atoms with E-state index >= 15 is 0 Å². The average Bonchev–Trinajstić information content (AvgIpc) is 3.57. The molecule has 5 unspecified atom stereocenters. The number of unbranched alkanes of at least 4 members (excludes halogenated alkanes) is 2. The van der Waals surface area contributed by atoms with Gasteiger partial charge in [0, 0.05) is 93.9 Å². The van der Waals surface area contributed by atoms with Crippen LogP contribution in [-0.2, 0) is 16.0 Å². The van der Waals surface area contributed by atoms with E-state index in [0.717, 1.165) is 89.9 Å². The number of aromatic nitrogens is 2. The van der Waals surface area contributed by atoms with E-state index in [4.69, 9.17) is 24.9 Å². The largest absolute Gasteiger partial charge is 0.495 e. The number of piperazine rings is 1. The third-order valence-corrected chi connectivity index (χ3v) is 13.9. The Morgan fingerprint density at radius 3 is 2.33 bits per heavy atom. The first kappa shape index (κ1) is 47.6. The minimum absolute atomic E-state index is 0.0885. The van der Waals surface area contributed by atoms with Crippen LogP contribution in [0, 0.1) is 0 Å². The molecule has 360 valence electrons. The van der Waals surface area contributed by atoms with Crippen molar-refractivity contribution in [3.63, 3.8) is 0 Å². The highest BCUT2D eigenvalue weighted by molar-refractivity contribution is 5.96. The summed E-state index contributed by atoms with van der Waals surface area (Å²) in [6.07, 6.45) is 3.95. The van der Waals surface area contributed by atoms with E-state index in [1.54, 1.807) is 25.3 Å². The molecule has 9 N–H and O–H groups in total. The Kier molecular flexibility index (Phi) is 15.8. The van der Waals surface area contributed by atoms with Gasteiger partial charge in [0.15, 0.2) is 17.3 Å². The topological polar surface area (TPSA) is 244 Å². The van der Waals surface area contributed by atoms with E-state index in [9.17, 15) is 30.0 Å². The van der Waals surface area contributed by atoms with Crippen molar-refractivity contribution in [3.05, 3.63) is 58.9 Å². The van der Waals surface area contributed by atoms with Crippen LogP contribution in [0.1, 0.15) is 111 Å². The van der Waals surface area contributed by atoms with Gasteiger partial charge in [-0.25, -0.2) is 14.9 Å². The number of amides is 2. The molecule has 2 amide bonds. The van der Waals surface area contributed by atoms with Crippen molar-refractivity contribution in [2.24, 2.45) is 5.73 Å². The predicted octanol–water partition coefficient (Wildman–Crippen LogP) is 2.92. The number of piperidine rings is 2. The zero-order valence-electron chi connectivity index (χ0n) is 38.2. The molecule has 19 nitrogen and oxygen atoms in total. The number of rotatable bonds is 17. The molecule has 0 spiro atoms. The number of benzene rings is 2. The summed E-state index contributed by atoms with van der Waals surface area (Å²) < 4.78 is 17.4. The lowest BCUT2D eigenvalue weighted by Gasteiger charge is -2.43. The van der Waals surface area contributed by atoms with Crippen LogP contribution in [0.5, 0.6) is 11.5 Å². The number of aliphatic hydroxyl groups excluding tert-OH is 4. The zero-order valence-corrected chi connectivity index (χ0v) is 38.2. The molecule has 5 aliphatic rings. The number of fused-ring (bicyclic) bond motifs is 1. The molecule has 2 aromatic carbocycles. The van der Waals surface area contributed by atoms with E-state index in [-0.39, 0.29) is 17.6 Å². The first-order valence-corrected chi connectivity index (χ1v) is 23.8. The van der Waals surface area contributed by atoms with Gasteiger partial charge >= 0.3 is 0 Å². The van der Waals surface area contributed by atoms with Crippen LogP contribution in [0.25, 0.3) is 0 Å². The van der Waals surface area contributed by atoms with Crippen molar-refractivity contribution in [1.82, 2.24) is 30.0 Å². The molecule has 1 aromatic heterocycles. The van der Waals surface area contributed by atoms with Crippen molar-refractivity contribution < 1.29 is 44.2 Å². The van der Waals surface area contributed by atoms with Crippen LogP contribution in [0.15, 0.2) is 36.4 Å². The van der Waals surface area contributed by atoms with Crippen molar-refractivity contribution in [2.75, 3.05) is 81.7 Å². The fourth-order valence-corrected chi connectivity index (χ4v) is 10.1. The van der Waals surface area contributed by atoms with Gasteiger partial charge in [-0.2, -0.15) is 0 Å². The standard InChI is InChI=1S/C47H68N10O9/c1-3-35-43(49-29-16-25-65-26-17-29)53-44(41(51-35)42(48)60)50-30-8-11-36(38(27-30)64-2)55-18-14-31(15-19-55)54-20-22-56(23-21-54)40(59)7-5-4-6-24-66-32-9-10-33-34(28-32)47(63)57(46(33)62)37-12-13-39(58)52-45(37)61/h8-11,27-29,31,37,39,45-47,52,58,61-63H,3-7,12-26H2,1-2H3,(H2,48,60)(H2,49,50,53). The van der Waals surface area contributed by atoms with E-state index < -0.39 is 36.9 Å². The summed E-state index contributed by atoms with van der Waals surface area (Å²) in [4.78, 5) is 43.5. The monoisotopic (exact) mass is 917 g/mol. The molecule has 4 fully saturated rings. The molecule has 3 aromatic rings. The number of methoxy groups -OCH3 is 1. The summed E-state index contributed by atoms with van der Waals surface area (Å²) in [5.74, 6) is 1.77. The minimum Gasteiger partial charge on any atom is -0.495 e. The van der Waals surface area contributed by atoms with Gasteiger partial charge in [-0.1, -0.05) is 13.0 Å². The van der Waals surface area contributed by atoms with Crippen LogP contribution < -0.4 is 36.1 Å². The number of hydrogen-bond donors (Lipinski definition) is 8. The Hall–Kier alpha value is -4.86. The van der Waals surface area contributed by atoms with Gasteiger partial charge in [0.05, 0.1) is 31.1 Å². The molecule has 5 atom stereocenters. The molecular formula is C47H68N10O9. The molecule has 8 rings (SSSR count). The SMILES string of the molecule is CCc1nc(C(N)=O)c(Nc2ccc(N3CCC(N4CCN(C(=O)CCCCCOc5ccc6c(c5)C(O)N(C5CCC(O)NC5O)C6O)CC4)CC3)c(OC)c2)nc1NC1CCOCC1. The molecule has 0 radical (unpaired) electrons. The van der Waals surface area contributed by atoms with E-state index in [1.807, 2.05) is 30.0 Å². The average molecular weight is 917 g/mol. The third kappa shape index (κ3) is 10.9. The van der Waals surface area contributed by atoms with Crippen LogP contribution in [0.2, 0.25) is 0 Å². The zero-order chi connectivity index (χ0) is 46.3. The maximum Gasteiger partial charge on any atom is 0.271 e. The number of carbonyl (C=O) groups excluding carboxylic acids is 2. The number of nitrogens with one attached hydrogen (secondary N) is 3. The summed E-state index contributed by atoms with van der Waals surface area (Å²) in [5.41, 5.74) is 9.36. The van der Waals surface area contributed by atoms with Gasteiger partial charge in [-0.3, -0.25) is 19.8 Å². The van der Waals surface area contributed by atoms with Crippen molar-refractivity contribution in [1.29, 1.82) is 0 Å². The first-order valence-electron chi connectivity index (χ1n) is 23.8. The normalized spacial score (nSPS) is 24.5. The highest BCUT2D eigenvalue weighted by atomic mass is 16.5. The van der Waals surface area contributed by atoms with Crippen LogP contribution in [0.3, 0.4) is 0 Å². The predicted molar refractivity (Wildman–Crippen MR) is 247 cm³/mol. The highest BCUT2D eigenvalue weighted by Gasteiger charge is 2.45. The number of primary amides is 1. The Morgan fingerprint density at radius 1 is 0.864 bits per heavy atom. The number of carbonyl (C=O) groups is 2. The lowest BCUT2D eigenvalue weighted by Crippen LogP contribution is -2.57. The molecule has 66 heavy (non-hydrogen) atoms. The summed E-state index contributed by atoms with van der Waals surface area (Å²) in [7, 11) is 1.66. The number of aryl methyl sites for hydroxylation is 1. The number of hydrogen-bond acceptors (Lipinski definition) is 17. The number of nitrogens with two attached hydrogens (primary N) is 1. The highest BCUT2D eigenvalue weighted by Crippen LogP contribution is 2.44. The van der Waals surface area contributed by atoms with E-state index in [0.29, 0.717) is 97.2 Å².